The second kappa shape index (κ2) is 23.9. The maximum Gasteiger partial charge on any atom is 0.326 e. The maximum atomic E-state index is 14.1. The topological polar surface area (TPSA) is 249 Å². The Kier molecular flexibility index (Phi) is 18.5. The van der Waals surface area contributed by atoms with E-state index in [0.717, 1.165) is 21.9 Å². The van der Waals surface area contributed by atoms with Crippen LogP contribution in [-0.2, 0) is 57.6 Å². The number of carbonyl (C=O) groups excluding carboxylic acids is 6. The molecule has 0 aliphatic heterocycles. The second-order valence-corrected chi connectivity index (χ2v) is 15.5. The Morgan fingerprint density at radius 1 is 0.532 bits per heavy atom. The lowest BCUT2D eigenvalue weighted by atomic mass is 10.0. The molecule has 16 nitrogen and oxygen atoms in total. The minimum atomic E-state index is -1.74. The van der Waals surface area contributed by atoms with Gasteiger partial charge in [-0.15, -0.1) is 0 Å². The number of hydrogen-bond acceptors (Lipinski definition) is 9. The van der Waals surface area contributed by atoms with Crippen molar-refractivity contribution in [2.75, 3.05) is 12.3 Å². The molecule has 0 radical (unpaired) electrons. The van der Waals surface area contributed by atoms with Crippen molar-refractivity contribution in [2.24, 2.45) is 5.92 Å². The smallest absolute Gasteiger partial charge is 0.326 e. The van der Waals surface area contributed by atoms with Gasteiger partial charge in [0.1, 0.15) is 30.2 Å². The van der Waals surface area contributed by atoms with E-state index in [1.165, 1.54) is 0 Å². The Balaban J connectivity index is 1.45. The van der Waals surface area contributed by atoms with E-state index in [4.69, 9.17) is 5.11 Å². The average molecular weight is 869 g/mol. The molecule has 0 saturated carbocycles. The van der Waals surface area contributed by atoms with E-state index in [0.29, 0.717) is 5.56 Å². The van der Waals surface area contributed by atoms with Gasteiger partial charge in [0.25, 0.3) is 0 Å². The molecule has 6 amide bonds. The van der Waals surface area contributed by atoms with Crippen molar-refractivity contribution < 1.29 is 48.6 Å². The Morgan fingerprint density at radius 2 is 1.03 bits per heavy atom. The summed E-state index contributed by atoms with van der Waals surface area (Å²) in [6, 6.07) is 24.7. The molecular formula is C45H52N6O10S. The number of thiol groups is 1. The number of carboxylic acid groups (broad SMARTS) is 2. The van der Waals surface area contributed by atoms with Crippen molar-refractivity contribution in [3.05, 3.63) is 120 Å². The van der Waals surface area contributed by atoms with Crippen molar-refractivity contribution in [2.45, 2.75) is 76.2 Å². The van der Waals surface area contributed by atoms with Gasteiger partial charge in [0, 0.05) is 18.6 Å². The lowest BCUT2D eigenvalue weighted by Gasteiger charge is -2.25. The van der Waals surface area contributed by atoms with Gasteiger partial charge in [0.15, 0.2) is 0 Å². The van der Waals surface area contributed by atoms with Crippen LogP contribution in [0.1, 0.15) is 43.4 Å². The first-order valence-electron chi connectivity index (χ1n) is 20.0. The zero-order valence-electron chi connectivity index (χ0n) is 34.3. The highest BCUT2D eigenvalue weighted by Crippen LogP contribution is 2.16. The van der Waals surface area contributed by atoms with E-state index in [1.54, 1.807) is 56.3 Å². The Labute approximate surface area is 364 Å². The predicted octanol–water partition coefficient (Wildman–Crippen LogP) is 1.94. The first-order chi connectivity index (χ1) is 29.6. The normalized spacial score (nSPS) is 13.4. The van der Waals surface area contributed by atoms with Crippen LogP contribution < -0.4 is 31.9 Å². The lowest BCUT2D eigenvalue weighted by molar-refractivity contribution is -0.147. The van der Waals surface area contributed by atoms with Crippen molar-refractivity contribution in [3.8, 4) is 0 Å². The first-order valence-corrected chi connectivity index (χ1v) is 20.6. The number of carboxylic acids is 2. The van der Waals surface area contributed by atoms with Gasteiger partial charge < -0.3 is 42.1 Å². The fourth-order valence-electron chi connectivity index (χ4n) is 6.52. The Morgan fingerprint density at radius 3 is 1.58 bits per heavy atom. The molecule has 8 N–H and O–H groups in total. The van der Waals surface area contributed by atoms with Gasteiger partial charge in [-0.05, 0) is 39.8 Å². The highest BCUT2D eigenvalue weighted by molar-refractivity contribution is 7.80. The monoisotopic (exact) mass is 868 g/mol. The molecule has 0 fully saturated rings. The van der Waals surface area contributed by atoms with Crippen molar-refractivity contribution in [1.82, 2.24) is 31.9 Å². The molecule has 17 heteroatoms. The number of aliphatic carboxylic acids is 2. The van der Waals surface area contributed by atoms with Crippen LogP contribution in [0.5, 0.6) is 0 Å². The van der Waals surface area contributed by atoms with E-state index in [1.807, 2.05) is 60.7 Å². The number of nitrogens with one attached hydrogen (secondary N) is 6. The summed E-state index contributed by atoms with van der Waals surface area (Å²) in [5.41, 5.74) is 2.20. The summed E-state index contributed by atoms with van der Waals surface area (Å²) < 4.78 is 0. The summed E-state index contributed by atoms with van der Waals surface area (Å²) in [6.45, 7) is 2.85. The summed E-state index contributed by atoms with van der Waals surface area (Å²) >= 11 is 4.24. The van der Waals surface area contributed by atoms with Crippen LogP contribution in [0.25, 0.3) is 10.8 Å². The molecule has 328 valence electrons. The fourth-order valence-corrected chi connectivity index (χ4v) is 6.78. The van der Waals surface area contributed by atoms with Crippen LogP contribution in [0, 0.1) is 5.92 Å². The summed E-state index contributed by atoms with van der Waals surface area (Å²) in [6.07, 6.45) is -0.697. The third-order valence-electron chi connectivity index (χ3n) is 9.62. The number of hydrogen-bond donors (Lipinski definition) is 9. The minimum absolute atomic E-state index is 0.00233. The molecule has 5 atom stereocenters. The van der Waals surface area contributed by atoms with E-state index in [-0.39, 0.29) is 37.4 Å². The first kappa shape index (κ1) is 47.9. The molecule has 4 aromatic rings. The van der Waals surface area contributed by atoms with Gasteiger partial charge in [0.05, 0.1) is 19.4 Å². The van der Waals surface area contributed by atoms with Crippen molar-refractivity contribution in [1.29, 1.82) is 0 Å². The van der Waals surface area contributed by atoms with E-state index in [2.05, 4.69) is 44.5 Å². The number of benzene rings is 4. The molecule has 0 bridgehead atoms. The average Bonchev–Trinajstić information content (AvgIpc) is 3.23. The van der Waals surface area contributed by atoms with Crippen molar-refractivity contribution >= 4 is 70.8 Å². The largest absolute Gasteiger partial charge is 0.481 e. The van der Waals surface area contributed by atoms with Crippen LogP contribution in [0.3, 0.4) is 0 Å². The van der Waals surface area contributed by atoms with Gasteiger partial charge in [-0.1, -0.05) is 117 Å². The molecule has 0 saturated heterocycles. The van der Waals surface area contributed by atoms with Crippen LogP contribution in [-0.4, -0.2) is 100 Å². The Bertz CT molecular complexity index is 2210. The molecule has 62 heavy (non-hydrogen) atoms. The molecule has 0 aliphatic rings. The zero-order valence-corrected chi connectivity index (χ0v) is 35.2. The predicted molar refractivity (Wildman–Crippen MR) is 234 cm³/mol. The van der Waals surface area contributed by atoms with Crippen molar-refractivity contribution in [3.63, 3.8) is 0 Å². The highest BCUT2D eigenvalue weighted by atomic mass is 32.1. The van der Waals surface area contributed by atoms with Crippen LogP contribution in [0.4, 0.5) is 0 Å². The maximum absolute atomic E-state index is 14.1. The van der Waals surface area contributed by atoms with Crippen LogP contribution in [0.15, 0.2) is 103 Å². The summed E-state index contributed by atoms with van der Waals surface area (Å²) in [7, 11) is 0. The SMILES string of the molecule is CC(C)C[C@H](NC(=O)CNC(=O)[C@H](CS)NC(=O)[C@H](Cc1ccccc1)NC(=O)[C@H](Cc1ccccc1)NC(=O)Cc1ccc2ccccc2c1)C(=O)N[C@@H](CC(=O)O)C(=O)O. The molecule has 0 aromatic heterocycles. The zero-order chi connectivity index (χ0) is 45.2. The number of fused-ring (bicyclic) bond motifs is 1. The van der Waals surface area contributed by atoms with Gasteiger partial charge >= 0.3 is 11.9 Å². The van der Waals surface area contributed by atoms with E-state index >= 15 is 0 Å². The highest BCUT2D eigenvalue weighted by Gasteiger charge is 2.31. The standard InChI is InChI=1S/C45H52N6O10S/c1-27(2)19-33(42(57)50-36(45(60)61)24-40(54)55)48-39(53)25-46-41(56)37(26-62)51-44(59)35(22-29-13-7-4-8-14-29)49-43(58)34(21-28-11-5-3-6-12-28)47-38(52)23-30-17-18-31-15-9-10-16-32(31)20-30/h3-18,20,27,33-37,62H,19,21-26H2,1-2H3,(H,46,56)(H,47,52)(H,48,53)(H,49,58)(H,50,57)(H,51,59)(H,54,55)(H,60,61)/t33-,34-,35-,36-,37-/m0/s1. The number of carbonyl (C=O) groups is 8. The molecule has 4 rings (SSSR count). The van der Waals surface area contributed by atoms with Crippen LogP contribution in [0.2, 0.25) is 0 Å². The summed E-state index contributed by atoms with van der Waals surface area (Å²) in [5.74, 6) is -7.74. The lowest BCUT2D eigenvalue weighted by Crippen LogP contribution is -2.58. The third kappa shape index (κ3) is 15.7. The minimum Gasteiger partial charge on any atom is -0.481 e. The fraction of sp³-hybridized carbons (Fsp3) is 0.333. The number of rotatable bonds is 23. The molecular weight excluding hydrogens is 817 g/mol. The molecule has 0 aliphatic carbocycles. The van der Waals surface area contributed by atoms with E-state index < -0.39 is 90.6 Å². The Hall–Kier alpha value is -6.75. The molecule has 4 aromatic carbocycles. The van der Waals surface area contributed by atoms with Crippen LogP contribution >= 0.6 is 12.6 Å². The molecule has 0 unspecified atom stereocenters. The second-order valence-electron chi connectivity index (χ2n) is 15.1. The summed E-state index contributed by atoms with van der Waals surface area (Å²) in [5, 5.41) is 35.5. The van der Waals surface area contributed by atoms with Gasteiger partial charge in [-0.2, -0.15) is 12.6 Å². The van der Waals surface area contributed by atoms with Gasteiger partial charge in [-0.25, -0.2) is 4.79 Å². The van der Waals surface area contributed by atoms with E-state index in [9.17, 15) is 43.5 Å². The van der Waals surface area contributed by atoms with Gasteiger partial charge in [-0.3, -0.25) is 33.6 Å². The van der Waals surface area contributed by atoms with Gasteiger partial charge in [0.2, 0.25) is 35.4 Å². The quantitative estimate of drug-likeness (QED) is 0.0491. The molecule has 0 spiro atoms. The summed E-state index contributed by atoms with van der Waals surface area (Å²) in [4.78, 5) is 103. The molecule has 0 heterocycles. The third-order valence-corrected chi connectivity index (χ3v) is 9.98. The number of amides is 6.